The second-order valence-electron chi connectivity index (χ2n) is 11.0. The van der Waals surface area contributed by atoms with E-state index in [0.717, 1.165) is 24.8 Å². The predicted octanol–water partition coefficient (Wildman–Crippen LogP) is 4.62. The Hall–Kier alpha value is -1.93. The molecule has 0 spiro atoms. The van der Waals surface area contributed by atoms with Gasteiger partial charge in [-0.3, -0.25) is 4.79 Å². The normalized spacial score (nSPS) is 28.3. The topological polar surface area (TPSA) is 78.5 Å². The Morgan fingerprint density at radius 1 is 1.03 bits per heavy atom. The van der Waals surface area contributed by atoms with E-state index in [2.05, 4.69) is 10.0 Å². The highest BCUT2D eigenvalue weighted by Crippen LogP contribution is 2.56. The third-order valence-electron chi connectivity index (χ3n) is 8.15. The number of nitrogens with one attached hydrogen (secondary N) is 2. The van der Waals surface area contributed by atoms with Crippen LogP contribution in [0.3, 0.4) is 0 Å². The summed E-state index contributed by atoms with van der Waals surface area (Å²) in [4.78, 5) is 15.2. The number of amides is 1. The van der Waals surface area contributed by atoms with Crippen molar-refractivity contribution in [2.75, 3.05) is 20.6 Å². The molecule has 188 valence electrons. The lowest BCUT2D eigenvalue weighted by Gasteiger charge is -2.56. The van der Waals surface area contributed by atoms with Crippen molar-refractivity contribution in [2.24, 2.45) is 17.8 Å². The van der Waals surface area contributed by atoms with Gasteiger partial charge in [0.1, 0.15) is 0 Å². The quantitative estimate of drug-likeness (QED) is 0.537. The highest BCUT2D eigenvalue weighted by atomic mass is 35.5. The van der Waals surface area contributed by atoms with Gasteiger partial charge >= 0.3 is 0 Å². The SMILES string of the molecule is CN(C)[C@H](CNC(=O)c1cc(S(=O)(=O)NC23CC4CC(CC(C4)C2)C3)ccc1Cl)c1ccccc1. The van der Waals surface area contributed by atoms with Crippen molar-refractivity contribution in [3.63, 3.8) is 0 Å². The second kappa shape index (κ2) is 9.51. The first kappa shape index (κ1) is 24.8. The molecule has 1 amide bonds. The molecule has 0 unspecified atom stereocenters. The summed E-state index contributed by atoms with van der Waals surface area (Å²) in [6.07, 6.45) is 6.48. The van der Waals surface area contributed by atoms with Gasteiger partial charge in [0.15, 0.2) is 0 Å². The first-order chi connectivity index (χ1) is 16.6. The number of likely N-dealkylation sites (N-methyl/N-ethyl adjacent to an activating group) is 1. The van der Waals surface area contributed by atoms with Crippen LogP contribution < -0.4 is 10.0 Å². The summed E-state index contributed by atoms with van der Waals surface area (Å²) < 4.78 is 30.0. The molecule has 4 aliphatic rings. The summed E-state index contributed by atoms with van der Waals surface area (Å²) in [6.45, 7) is 0.370. The van der Waals surface area contributed by atoms with Gasteiger partial charge in [0.05, 0.1) is 21.5 Å². The molecule has 2 aromatic rings. The number of halogens is 1. The minimum Gasteiger partial charge on any atom is -0.350 e. The van der Waals surface area contributed by atoms with Crippen LogP contribution in [0.15, 0.2) is 53.4 Å². The fraction of sp³-hybridized carbons (Fsp3) is 0.519. The predicted molar refractivity (Wildman–Crippen MR) is 138 cm³/mol. The van der Waals surface area contributed by atoms with Crippen LogP contribution in [0.2, 0.25) is 5.02 Å². The number of nitrogens with zero attached hydrogens (tertiary/aromatic N) is 1. The molecule has 4 fully saturated rings. The van der Waals surface area contributed by atoms with Gasteiger partial charge in [-0.15, -0.1) is 0 Å². The lowest BCUT2D eigenvalue weighted by molar-refractivity contribution is -0.00810. The van der Waals surface area contributed by atoms with E-state index in [1.54, 1.807) is 0 Å². The third-order valence-corrected chi connectivity index (χ3v) is 10.1. The maximum Gasteiger partial charge on any atom is 0.252 e. The van der Waals surface area contributed by atoms with Gasteiger partial charge < -0.3 is 10.2 Å². The van der Waals surface area contributed by atoms with Crippen LogP contribution in [0, 0.1) is 17.8 Å². The number of carbonyl (C=O) groups is 1. The first-order valence-corrected chi connectivity index (χ1v) is 14.3. The van der Waals surface area contributed by atoms with E-state index in [-0.39, 0.29) is 33.0 Å². The van der Waals surface area contributed by atoms with Gasteiger partial charge in [-0.1, -0.05) is 41.9 Å². The molecular formula is C27H34ClN3O3S. The van der Waals surface area contributed by atoms with Crippen LogP contribution in [-0.2, 0) is 10.0 Å². The highest BCUT2D eigenvalue weighted by Gasteiger charge is 2.52. The molecule has 0 aliphatic heterocycles. The summed E-state index contributed by atoms with van der Waals surface area (Å²) >= 11 is 6.35. The molecule has 2 aromatic carbocycles. The van der Waals surface area contributed by atoms with E-state index < -0.39 is 10.0 Å². The number of carbonyl (C=O) groups excluding carboxylic acids is 1. The zero-order valence-electron chi connectivity index (χ0n) is 20.3. The molecule has 0 radical (unpaired) electrons. The Morgan fingerprint density at radius 3 is 2.20 bits per heavy atom. The Kier molecular flexibility index (Phi) is 6.72. The first-order valence-electron chi connectivity index (χ1n) is 12.5. The highest BCUT2D eigenvalue weighted by molar-refractivity contribution is 7.89. The van der Waals surface area contributed by atoms with Crippen molar-refractivity contribution < 1.29 is 13.2 Å². The number of hydrogen-bond donors (Lipinski definition) is 2. The van der Waals surface area contributed by atoms with Crippen LogP contribution in [0.1, 0.15) is 60.5 Å². The van der Waals surface area contributed by atoms with Crippen molar-refractivity contribution in [2.45, 2.75) is 55.0 Å². The molecule has 0 heterocycles. The van der Waals surface area contributed by atoms with E-state index in [4.69, 9.17) is 11.6 Å². The maximum atomic E-state index is 13.5. The average Bonchev–Trinajstić information content (AvgIpc) is 2.78. The van der Waals surface area contributed by atoms with Crippen LogP contribution >= 0.6 is 11.6 Å². The molecule has 0 aromatic heterocycles. The summed E-state index contributed by atoms with van der Waals surface area (Å²) in [5, 5.41) is 3.18. The van der Waals surface area contributed by atoms with E-state index in [1.807, 2.05) is 49.3 Å². The lowest BCUT2D eigenvalue weighted by Crippen LogP contribution is -2.59. The van der Waals surface area contributed by atoms with E-state index in [0.29, 0.717) is 24.3 Å². The second-order valence-corrected chi connectivity index (χ2v) is 13.1. The van der Waals surface area contributed by atoms with Gasteiger partial charge in [-0.25, -0.2) is 13.1 Å². The fourth-order valence-electron chi connectivity index (χ4n) is 6.98. The molecule has 6 rings (SSSR count). The smallest absolute Gasteiger partial charge is 0.252 e. The number of rotatable bonds is 8. The molecule has 4 bridgehead atoms. The standard InChI is InChI=1S/C27H34ClN3O3S/c1-31(2)25(21-6-4-3-5-7-21)17-29-26(32)23-13-22(8-9-24(23)28)35(33,34)30-27-14-18-10-19(15-27)12-20(11-18)16-27/h3-9,13,18-20,25,30H,10-12,14-17H2,1-2H3,(H,29,32)/t18?,19?,20?,25-,27?/m1/s1. The molecule has 2 N–H and O–H groups in total. The molecule has 4 saturated carbocycles. The van der Waals surface area contributed by atoms with Crippen LogP contribution in [-0.4, -0.2) is 45.4 Å². The number of sulfonamides is 1. The average molecular weight is 516 g/mol. The Labute approximate surface area is 213 Å². The molecule has 0 saturated heterocycles. The van der Waals surface area contributed by atoms with Crippen molar-refractivity contribution in [1.29, 1.82) is 0 Å². The summed E-state index contributed by atoms with van der Waals surface area (Å²) in [7, 11) is 0.137. The minimum absolute atomic E-state index is 0.0245. The summed E-state index contributed by atoms with van der Waals surface area (Å²) in [5.74, 6) is 1.50. The zero-order valence-corrected chi connectivity index (χ0v) is 21.9. The van der Waals surface area contributed by atoms with Gasteiger partial charge in [0.25, 0.3) is 5.91 Å². The van der Waals surface area contributed by atoms with E-state index in [9.17, 15) is 13.2 Å². The van der Waals surface area contributed by atoms with Crippen molar-refractivity contribution in [1.82, 2.24) is 14.9 Å². The van der Waals surface area contributed by atoms with Crippen LogP contribution in [0.4, 0.5) is 0 Å². The lowest BCUT2D eigenvalue weighted by atomic mass is 9.53. The Bertz CT molecular complexity index is 1160. The molecular weight excluding hydrogens is 482 g/mol. The fourth-order valence-corrected chi connectivity index (χ4v) is 8.64. The van der Waals surface area contributed by atoms with E-state index in [1.165, 1.54) is 37.5 Å². The van der Waals surface area contributed by atoms with Crippen molar-refractivity contribution in [3.05, 3.63) is 64.7 Å². The number of benzene rings is 2. The van der Waals surface area contributed by atoms with Crippen molar-refractivity contribution in [3.8, 4) is 0 Å². The van der Waals surface area contributed by atoms with Gasteiger partial charge in [-0.05, 0) is 94.1 Å². The zero-order chi connectivity index (χ0) is 24.8. The molecule has 4 aliphatic carbocycles. The molecule has 8 heteroatoms. The Balaban J connectivity index is 1.32. The molecule has 6 nitrogen and oxygen atoms in total. The molecule has 35 heavy (non-hydrogen) atoms. The summed E-state index contributed by atoms with van der Waals surface area (Å²) in [6, 6.07) is 14.3. The van der Waals surface area contributed by atoms with E-state index >= 15 is 0 Å². The van der Waals surface area contributed by atoms with Gasteiger partial charge in [0, 0.05) is 12.1 Å². The van der Waals surface area contributed by atoms with Crippen LogP contribution in [0.25, 0.3) is 0 Å². The monoisotopic (exact) mass is 515 g/mol. The number of hydrogen-bond acceptors (Lipinski definition) is 4. The summed E-state index contributed by atoms with van der Waals surface area (Å²) in [5.41, 5.74) is 0.912. The van der Waals surface area contributed by atoms with Gasteiger partial charge in [0.2, 0.25) is 10.0 Å². The third kappa shape index (κ3) is 5.15. The largest absolute Gasteiger partial charge is 0.350 e. The Morgan fingerprint density at radius 2 is 1.63 bits per heavy atom. The molecule has 1 atom stereocenters. The van der Waals surface area contributed by atoms with Crippen LogP contribution in [0.5, 0.6) is 0 Å². The van der Waals surface area contributed by atoms with Gasteiger partial charge in [-0.2, -0.15) is 0 Å². The van der Waals surface area contributed by atoms with Crippen molar-refractivity contribution >= 4 is 27.5 Å². The minimum atomic E-state index is -3.78. The maximum absolute atomic E-state index is 13.5.